The lowest BCUT2D eigenvalue weighted by Gasteiger charge is -2.31. The molecule has 0 spiro atoms. The predicted molar refractivity (Wildman–Crippen MR) is 104 cm³/mol. The van der Waals surface area contributed by atoms with Gasteiger partial charge in [-0.2, -0.15) is 0 Å². The van der Waals surface area contributed by atoms with E-state index in [1.54, 1.807) is 0 Å². The first-order valence-electron chi connectivity index (χ1n) is 8.66. The van der Waals surface area contributed by atoms with Crippen LogP contribution in [-0.2, 0) is 16.8 Å². The Hall–Kier alpha value is -3.41. The Balaban J connectivity index is 1.80. The number of nitrogens with zero attached hydrogens (tertiary/aromatic N) is 1. The van der Waals surface area contributed by atoms with Crippen molar-refractivity contribution in [3.05, 3.63) is 105 Å². The van der Waals surface area contributed by atoms with Crippen LogP contribution in [0.3, 0.4) is 0 Å². The molecule has 138 valence electrons. The highest BCUT2D eigenvalue weighted by Crippen LogP contribution is 2.31. The molecule has 1 heterocycles. The molecule has 2 N–H and O–H groups in total. The summed E-state index contributed by atoms with van der Waals surface area (Å²) in [5, 5.41) is 2.92. The van der Waals surface area contributed by atoms with Gasteiger partial charge in [0.2, 0.25) is 5.91 Å². The monoisotopic (exact) mass is 363 g/mol. The second-order valence-corrected chi connectivity index (χ2v) is 6.58. The van der Waals surface area contributed by atoms with Gasteiger partial charge in [0.05, 0.1) is 0 Å². The highest BCUT2D eigenvalue weighted by atomic mass is 16.2. The normalized spacial score (nSPS) is 11.1. The van der Waals surface area contributed by atoms with E-state index in [9.17, 15) is 14.4 Å². The van der Waals surface area contributed by atoms with Crippen LogP contribution < -0.4 is 16.6 Å². The molecule has 3 rings (SSSR count). The van der Waals surface area contributed by atoms with Crippen LogP contribution in [0.5, 0.6) is 0 Å². The average molecular weight is 363 g/mol. The van der Waals surface area contributed by atoms with Crippen LogP contribution >= 0.6 is 0 Å². The van der Waals surface area contributed by atoms with Gasteiger partial charge >= 0.3 is 5.69 Å². The van der Waals surface area contributed by atoms with Gasteiger partial charge in [0.15, 0.2) is 0 Å². The molecule has 0 bridgehead atoms. The van der Waals surface area contributed by atoms with Gasteiger partial charge in [-0.05, 0) is 18.1 Å². The van der Waals surface area contributed by atoms with E-state index in [0.717, 1.165) is 11.1 Å². The van der Waals surface area contributed by atoms with Gasteiger partial charge in [-0.3, -0.25) is 19.1 Å². The molecule has 2 aromatic carbocycles. The maximum Gasteiger partial charge on any atom is 0.328 e. The quantitative estimate of drug-likeness (QED) is 0.699. The molecular weight excluding hydrogens is 342 g/mol. The third kappa shape index (κ3) is 4.23. The largest absolute Gasteiger partial charge is 0.353 e. The zero-order chi connectivity index (χ0) is 19.3. The van der Waals surface area contributed by atoms with Gasteiger partial charge in [0.1, 0.15) is 6.54 Å². The number of H-pyrrole nitrogens is 1. The maximum atomic E-state index is 12.4. The van der Waals surface area contributed by atoms with E-state index in [2.05, 4.69) is 17.2 Å². The van der Waals surface area contributed by atoms with Crippen molar-refractivity contribution in [3.8, 4) is 0 Å². The van der Waals surface area contributed by atoms with E-state index in [1.165, 1.54) is 16.8 Å². The number of carbonyl (C=O) groups is 1. The molecular formula is C21H21N3O3. The molecule has 3 aromatic rings. The molecule has 0 aliphatic heterocycles. The van der Waals surface area contributed by atoms with Gasteiger partial charge in [-0.15, -0.1) is 0 Å². The Labute approximate surface area is 156 Å². The molecule has 0 aliphatic carbocycles. The van der Waals surface area contributed by atoms with Gasteiger partial charge in [-0.1, -0.05) is 60.7 Å². The highest BCUT2D eigenvalue weighted by Gasteiger charge is 2.29. The lowest BCUT2D eigenvalue weighted by atomic mass is 9.76. The van der Waals surface area contributed by atoms with Gasteiger partial charge in [0, 0.05) is 24.2 Å². The van der Waals surface area contributed by atoms with Crippen LogP contribution in [0.1, 0.15) is 18.1 Å². The Bertz CT molecular complexity index is 984. The zero-order valence-corrected chi connectivity index (χ0v) is 15.0. The smallest absolute Gasteiger partial charge is 0.328 e. The number of rotatable bonds is 6. The lowest BCUT2D eigenvalue weighted by molar-refractivity contribution is -0.121. The van der Waals surface area contributed by atoms with Crippen LogP contribution in [0.25, 0.3) is 0 Å². The van der Waals surface area contributed by atoms with Crippen molar-refractivity contribution >= 4 is 5.91 Å². The molecule has 6 nitrogen and oxygen atoms in total. The van der Waals surface area contributed by atoms with Gasteiger partial charge in [-0.25, -0.2) is 4.79 Å². The molecule has 1 aromatic heterocycles. The van der Waals surface area contributed by atoms with Crippen molar-refractivity contribution in [2.75, 3.05) is 6.54 Å². The third-order valence-electron chi connectivity index (χ3n) is 4.67. The minimum atomic E-state index is -0.605. The predicted octanol–water partition coefficient (Wildman–Crippen LogP) is 1.66. The highest BCUT2D eigenvalue weighted by molar-refractivity contribution is 5.76. The second kappa shape index (κ2) is 7.86. The molecule has 6 heteroatoms. The average Bonchev–Trinajstić information content (AvgIpc) is 2.70. The van der Waals surface area contributed by atoms with Crippen LogP contribution in [0.15, 0.2) is 82.5 Å². The van der Waals surface area contributed by atoms with E-state index in [0.29, 0.717) is 6.54 Å². The van der Waals surface area contributed by atoms with E-state index < -0.39 is 16.7 Å². The summed E-state index contributed by atoms with van der Waals surface area (Å²) in [4.78, 5) is 37.4. The summed E-state index contributed by atoms with van der Waals surface area (Å²) in [6.45, 7) is 2.29. The molecule has 27 heavy (non-hydrogen) atoms. The molecule has 0 aliphatic rings. The number of hydrogen-bond donors (Lipinski definition) is 2. The van der Waals surface area contributed by atoms with Crippen molar-refractivity contribution in [1.82, 2.24) is 14.9 Å². The summed E-state index contributed by atoms with van der Waals surface area (Å²) in [5.74, 6) is -0.303. The Kier molecular flexibility index (Phi) is 5.35. The minimum absolute atomic E-state index is 0.157. The SMILES string of the molecule is CC(CNC(=O)Cn1ccc(=O)[nH]c1=O)(c1ccccc1)c1ccccc1. The standard InChI is InChI=1S/C21H21N3O3/c1-21(16-8-4-2-5-9-16,17-10-6-3-7-11-17)15-22-19(26)14-24-13-12-18(25)23-20(24)27/h2-13H,14-15H2,1H3,(H,22,26)(H,23,25,27). The molecule has 0 unspecified atom stereocenters. The minimum Gasteiger partial charge on any atom is -0.353 e. The number of amides is 1. The van der Waals surface area contributed by atoms with Crippen molar-refractivity contribution in [2.45, 2.75) is 18.9 Å². The Morgan fingerprint density at radius 3 is 2.04 bits per heavy atom. The topological polar surface area (TPSA) is 84.0 Å². The number of hydrogen-bond acceptors (Lipinski definition) is 3. The second-order valence-electron chi connectivity index (χ2n) is 6.58. The number of aromatic amines is 1. The number of carbonyl (C=O) groups excluding carboxylic acids is 1. The number of benzene rings is 2. The molecule has 0 fully saturated rings. The summed E-state index contributed by atoms with van der Waals surface area (Å²) in [7, 11) is 0. The van der Waals surface area contributed by atoms with Crippen LogP contribution in [0, 0.1) is 0 Å². The van der Waals surface area contributed by atoms with Crippen molar-refractivity contribution < 1.29 is 4.79 Å². The maximum absolute atomic E-state index is 12.4. The van der Waals surface area contributed by atoms with Crippen molar-refractivity contribution in [2.24, 2.45) is 0 Å². The molecule has 0 saturated heterocycles. The molecule has 0 saturated carbocycles. The van der Waals surface area contributed by atoms with Gasteiger partial charge in [0.25, 0.3) is 5.56 Å². The third-order valence-corrected chi connectivity index (χ3v) is 4.67. The van der Waals surface area contributed by atoms with E-state index in [1.807, 2.05) is 60.7 Å². The Morgan fingerprint density at radius 1 is 0.963 bits per heavy atom. The fourth-order valence-electron chi connectivity index (χ4n) is 3.04. The van der Waals surface area contributed by atoms with Crippen molar-refractivity contribution in [1.29, 1.82) is 0 Å². The van der Waals surface area contributed by atoms with Crippen molar-refractivity contribution in [3.63, 3.8) is 0 Å². The van der Waals surface area contributed by atoms with E-state index in [4.69, 9.17) is 0 Å². The van der Waals surface area contributed by atoms with Gasteiger partial charge < -0.3 is 5.32 Å². The first-order chi connectivity index (χ1) is 13.0. The number of nitrogens with one attached hydrogen (secondary N) is 2. The van der Waals surface area contributed by atoms with E-state index >= 15 is 0 Å². The van der Waals surface area contributed by atoms with Crippen LogP contribution in [0.2, 0.25) is 0 Å². The summed E-state index contributed by atoms with van der Waals surface area (Å²) >= 11 is 0. The summed E-state index contributed by atoms with van der Waals surface area (Å²) in [6, 6.07) is 21.1. The summed E-state index contributed by atoms with van der Waals surface area (Å²) in [5.41, 5.74) is 0.646. The first-order valence-corrected chi connectivity index (χ1v) is 8.66. The fourth-order valence-corrected chi connectivity index (χ4v) is 3.04. The molecule has 0 atom stereocenters. The first kappa shape index (κ1) is 18.4. The molecule has 0 radical (unpaired) electrons. The van der Waals surface area contributed by atoms with Crippen LogP contribution in [-0.4, -0.2) is 22.0 Å². The molecule has 1 amide bonds. The zero-order valence-electron chi connectivity index (χ0n) is 15.0. The lowest BCUT2D eigenvalue weighted by Crippen LogP contribution is -2.42. The summed E-state index contributed by atoms with van der Waals surface area (Å²) < 4.78 is 1.17. The van der Waals surface area contributed by atoms with Crippen LogP contribution in [0.4, 0.5) is 0 Å². The van der Waals surface area contributed by atoms with E-state index in [-0.39, 0.29) is 12.5 Å². The number of aromatic nitrogens is 2. The Morgan fingerprint density at radius 2 is 1.52 bits per heavy atom. The summed E-state index contributed by atoms with van der Waals surface area (Å²) in [6.07, 6.45) is 1.31. The fraction of sp³-hybridized carbons (Fsp3) is 0.190.